The Morgan fingerprint density at radius 1 is 1.50 bits per heavy atom. The molecule has 16 heavy (non-hydrogen) atoms. The molecule has 1 heterocycles. The van der Waals surface area contributed by atoms with Gasteiger partial charge in [-0.05, 0) is 15.9 Å². The fraction of sp³-hybridized carbons (Fsp3) is 0.455. The van der Waals surface area contributed by atoms with Crippen LogP contribution in [0.15, 0.2) is 16.9 Å². The first-order valence-electron chi connectivity index (χ1n) is 4.85. The molecule has 5 heteroatoms. The number of pyridine rings is 1. The van der Waals surface area contributed by atoms with Crippen molar-refractivity contribution < 1.29 is 9.53 Å². The summed E-state index contributed by atoms with van der Waals surface area (Å²) in [6, 6.07) is 1.72. The molecule has 0 unspecified atom stereocenters. The third kappa shape index (κ3) is 3.20. The Kier molecular flexibility index (Phi) is 3.91. The number of methoxy groups -OCH3 is 1. The zero-order valence-electron chi connectivity index (χ0n) is 9.80. The van der Waals surface area contributed by atoms with Gasteiger partial charge in [-0.25, -0.2) is 4.98 Å². The number of halogens is 1. The van der Waals surface area contributed by atoms with Crippen LogP contribution < -0.4 is 10.1 Å². The zero-order chi connectivity index (χ0) is 12.3. The van der Waals surface area contributed by atoms with Crippen molar-refractivity contribution in [3.05, 3.63) is 16.9 Å². The van der Waals surface area contributed by atoms with E-state index in [2.05, 4.69) is 26.2 Å². The average Bonchev–Trinajstić information content (AvgIpc) is 2.19. The lowest BCUT2D eigenvalue weighted by atomic mass is 9.96. The molecule has 0 aliphatic rings. The van der Waals surface area contributed by atoms with Crippen molar-refractivity contribution in [3.63, 3.8) is 0 Å². The molecule has 88 valence electrons. The SMILES string of the molecule is COc1cnc(Br)c(NC(=O)C(C)(C)C)c1. The highest BCUT2D eigenvalue weighted by atomic mass is 79.9. The summed E-state index contributed by atoms with van der Waals surface area (Å²) in [6.07, 6.45) is 1.58. The lowest BCUT2D eigenvalue weighted by Crippen LogP contribution is -2.27. The molecule has 0 aromatic carbocycles. The molecule has 0 aliphatic heterocycles. The number of carbonyl (C=O) groups excluding carboxylic acids is 1. The summed E-state index contributed by atoms with van der Waals surface area (Å²) >= 11 is 3.27. The second-order valence-electron chi connectivity index (χ2n) is 4.42. The van der Waals surface area contributed by atoms with Crippen LogP contribution >= 0.6 is 15.9 Å². The number of hydrogen-bond donors (Lipinski definition) is 1. The second kappa shape index (κ2) is 4.82. The minimum atomic E-state index is -0.442. The maximum absolute atomic E-state index is 11.8. The maximum atomic E-state index is 11.8. The highest BCUT2D eigenvalue weighted by Gasteiger charge is 2.22. The largest absolute Gasteiger partial charge is 0.495 e. The Morgan fingerprint density at radius 2 is 2.12 bits per heavy atom. The van der Waals surface area contributed by atoms with Crippen LogP contribution in [0.4, 0.5) is 5.69 Å². The molecule has 0 spiro atoms. The van der Waals surface area contributed by atoms with E-state index in [9.17, 15) is 4.79 Å². The third-order valence-electron chi connectivity index (χ3n) is 1.98. The molecule has 1 amide bonds. The average molecular weight is 287 g/mol. The van der Waals surface area contributed by atoms with Gasteiger partial charge in [0.2, 0.25) is 5.91 Å². The van der Waals surface area contributed by atoms with Gasteiger partial charge in [0.05, 0.1) is 19.0 Å². The number of rotatable bonds is 2. The quantitative estimate of drug-likeness (QED) is 0.851. The van der Waals surface area contributed by atoms with Crippen LogP contribution in [0.25, 0.3) is 0 Å². The van der Waals surface area contributed by atoms with Gasteiger partial charge in [-0.1, -0.05) is 20.8 Å². The summed E-state index contributed by atoms with van der Waals surface area (Å²) in [5.74, 6) is 0.538. The van der Waals surface area contributed by atoms with E-state index in [1.807, 2.05) is 20.8 Å². The number of anilines is 1. The van der Waals surface area contributed by atoms with E-state index < -0.39 is 5.41 Å². The second-order valence-corrected chi connectivity index (χ2v) is 5.17. The highest BCUT2D eigenvalue weighted by molar-refractivity contribution is 9.10. The van der Waals surface area contributed by atoms with Crippen LogP contribution in [-0.4, -0.2) is 18.0 Å². The van der Waals surface area contributed by atoms with E-state index in [1.165, 1.54) is 0 Å². The number of hydrogen-bond acceptors (Lipinski definition) is 3. The van der Waals surface area contributed by atoms with Crippen LogP contribution in [0.3, 0.4) is 0 Å². The van der Waals surface area contributed by atoms with E-state index in [0.717, 1.165) is 0 Å². The minimum absolute atomic E-state index is 0.0664. The van der Waals surface area contributed by atoms with Crippen molar-refractivity contribution >= 4 is 27.5 Å². The Bertz CT molecular complexity index is 399. The van der Waals surface area contributed by atoms with Crippen LogP contribution in [0.1, 0.15) is 20.8 Å². The fourth-order valence-corrected chi connectivity index (χ4v) is 1.25. The lowest BCUT2D eigenvalue weighted by molar-refractivity contribution is -0.123. The van der Waals surface area contributed by atoms with E-state index in [0.29, 0.717) is 16.0 Å². The van der Waals surface area contributed by atoms with E-state index in [1.54, 1.807) is 19.4 Å². The molecule has 0 radical (unpaired) electrons. The van der Waals surface area contributed by atoms with Crippen LogP contribution in [-0.2, 0) is 4.79 Å². The maximum Gasteiger partial charge on any atom is 0.229 e. The third-order valence-corrected chi connectivity index (χ3v) is 2.61. The Balaban J connectivity index is 2.92. The van der Waals surface area contributed by atoms with Gasteiger partial charge < -0.3 is 10.1 Å². The van der Waals surface area contributed by atoms with Crippen molar-refractivity contribution in [2.75, 3.05) is 12.4 Å². The van der Waals surface area contributed by atoms with Gasteiger partial charge in [-0.3, -0.25) is 4.79 Å². The molecule has 0 saturated heterocycles. The van der Waals surface area contributed by atoms with Gasteiger partial charge in [0.15, 0.2) is 0 Å². The smallest absolute Gasteiger partial charge is 0.229 e. The first-order chi connectivity index (χ1) is 7.34. The predicted octanol–water partition coefficient (Wildman–Crippen LogP) is 2.84. The lowest BCUT2D eigenvalue weighted by Gasteiger charge is -2.18. The normalized spacial score (nSPS) is 11.1. The van der Waals surface area contributed by atoms with Crippen molar-refractivity contribution in [1.29, 1.82) is 0 Å². The van der Waals surface area contributed by atoms with Crippen LogP contribution in [0.5, 0.6) is 5.75 Å². The van der Waals surface area contributed by atoms with Crippen molar-refractivity contribution in [3.8, 4) is 5.75 Å². The van der Waals surface area contributed by atoms with Gasteiger partial charge in [0.25, 0.3) is 0 Å². The fourth-order valence-electron chi connectivity index (χ4n) is 0.938. The Morgan fingerprint density at radius 3 is 2.62 bits per heavy atom. The summed E-state index contributed by atoms with van der Waals surface area (Å²) in [5, 5.41) is 2.80. The van der Waals surface area contributed by atoms with Crippen LogP contribution in [0, 0.1) is 5.41 Å². The standard InChI is InChI=1S/C11H15BrN2O2/c1-11(2,3)10(15)14-8-5-7(16-4)6-13-9(8)12/h5-6H,1-4H3,(H,14,15). The molecule has 0 aliphatic carbocycles. The summed E-state index contributed by atoms with van der Waals surface area (Å²) < 4.78 is 5.63. The molecule has 0 bridgehead atoms. The molecule has 1 N–H and O–H groups in total. The first-order valence-corrected chi connectivity index (χ1v) is 5.65. The topological polar surface area (TPSA) is 51.2 Å². The Hall–Kier alpha value is -1.10. The van der Waals surface area contributed by atoms with E-state index >= 15 is 0 Å². The monoisotopic (exact) mass is 286 g/mol. The Labute approximate surface area is 104 Å². The molecular formula is C11H15BrN2O2. The molecule has 0 atom stereocenters. The molecule has 0 saturated carbocycles. The number of ether oxygens (including phenoxy) is 1. The molecular weight excluding hydrogens is 272 g/mol. The van der Waals surface area contributed by atoms with Gasteiger partial charge in [-0.2, -0.15) is 0 Å². The molecule has 1 aromatic rings. The highest BCUT2D eigenvalue weighted by Crippen LogP contribution is 2.26. The van der Waals surface area contributed by atoms with Crippen molar-refractivity contribution in [2.24, 2.45) is 5.41 Å². The number of carbonyl (C=O) groups is 1. The molecule has 4 nitrogen and oxygen atoms in total. The number of amides is 1. The van der Waals surface area contributed by atoms with Crippen LogP contribution in [0.2, 0.25) is 0 Å². The van der Waals surface area contributed by atoms with Gasteiger partial charge in [0.1, 0.15) is 10.4 Å². The summed E-state index contributed by atoms with van der Waals surface area (Å²) in [6.45, 7) is 5.55. The number of aromatic nitrogens is 1. The van der Waals surface area contributed by atoms with Gasteiger partial charge in [0, 0.05) is 11.5 Å². The predicted molar refractivity (Wildman–Crippen MR) is 66.6 cm³/mol. The first kappa shape index (κ1) is 13.0. The van der Waals surface area contributed by atoms with Gasteiger partial charge in [-0.15, -0.1) is 0 Å². The van der Waals surface area contributed by atoms with Gasteiger partial charge >= 0.3 is 0 Å². The van der Waals surface area contributed by atoms with Crippen molar-refractivity contribution in [2.45, 2.75) is 20.8 Å². The molecule has 0 fully saturated rings. The summed E-state index contributed by atoms with van der Waals surface area (Å²) in [7, 11) is 1.56. The zero-order valence-corrected chi connectivity index (χ0v) is 11.4. The molecule has 1 rings (SSSR count). The number of nitrogens with one attached hydrogen (secondary N) is 1. The van der Waals surface area contributed by atoms with E-state index in [-0.39, 0.29) is 5.91 Å². The summed E-state index contributed by atoms with van der Waals surface area (Å²) in [5.41, 5.74) is 0.168. The summed E-state index contributed by atoms with van der Waals surface area (Å²) in [4.78, 5) is 15.8. The molecule has 1 aromatic heterocycles. The number of nitrogens with zero attached hydrogens (tertiary/aromatic N) is 1. The van der Waals surface area contributed by atoms with Crippen molar-refractivity contribution in [1.82, 2.24) is 4.98 Å². The van der Waals surface area contributed by atoms with E-state index in [4.69, 9.17) is 4.74 Å². The minimum Gasteiger partial charge on any atom is -0.495 e.